The first kappa shape index (κ1) is 14.5. The average molecular weight is 265 g/mol. The van der Waals surface area contributed by atoms with Gasteiger partial charge in [-0.3, -0.25) is 0 Å². The molecular formula is C10H14F3N3O2. The van der Waals surface area contributed by atoms with E-state index in [4.69, 9.17) is 9.47 Å². The van der Waals surface area contributed by atoms with Crippen molar-refractivity contribution in [1.82, 2.24) is 9.97 Å². The predicted octanol–water partition coefficient (Wildman–Crippen LogP) is 1.95. The van der Waals surface area contributed by atoms with E-state index in [9.17, 15) is 13.2 Å². The summed E-state index contributed by atoms with van der Waals surface area (Å²) in [6.07, 6.45) is -3.96. The van der Waals surface area contributed by atoms with Crippen LogP contribution in [0.3, 0.4) is 0 Å². The Morgan fingerprint density at radius 3 is 2.56 bits per heavy atom. The number of methoxy groups -OCH3 is 1. The van der Waals surface area contributed by atoms with Gasteiger partial charge >= 0.3 is 6.18 Å². The molecule has 0 amide bonds. The fourth-order valence-corrected chi connectivity index (χ4v) is 1.14. The lowest BCUT2D eigenvalue weighted by Gasteiger charge is -2.10. The van der Waals surface area contributed by atoms with Crippen LogP contribution in [-0.2, 0) is 10.9 Å². The second-order valence-corrected chi connectivity index (χ2v) is 3.36. The van der Waals surface area contributed by atoms with Gasteiger partial charge < -0.3 is 14.8 Å². The molecule has 0 atom stereocenters. The highest BCUT2D eigenvalue weighted by Crippen LogP contribution is 2.30. The van der Waals surface area contributed by atoms with Gasteiger partial charge in [-0.2, -0.15) is 18.2 Å². The number of anilines is 1. The molecule has 1 rings (SSSR count). The molecule has 0 fully saturated rings. The number of halogens is 3. The Morgan fingerprint density at radius 1 is 1.28 bits per heavy atom. The Hall–Kier alpha value is -1.57. The highest BCUT2D eigenvalue weighted by molar-refractivity contribution is 5.31. The molecular weight excluding hydrogens is 251 g/mol. The predicted molar refractivity (Wildman–Crippen MR) is 58.6 cm³/mol. The minimum atomic E-state index is -4.53. The highest BCUT2D eigenvalue weighted by Gasteiger charge is 2.33. The van der Waals surface area contributed by atoms with Gasteiger partial charge in [0.1, 0.15) is 0 Å². The van der Waals surface area contributed by atoms with E-state index < -0.39 is 11.9 Å². The maximum absolute atomic E-state index is 12.5. The van der Waals surface area contributed by atoms with Crippen molar-refractivity contribution >= 4 is 5.95 Å². The van der Waals surface area contributed by atoms with Crippen LogP contribution in [0.2, 0.25) is 0 Å². The molecule has 5 nitrogen and oxygen atoms in total. The molecule has 0 unspecified atom stereocenters. The van der Waals surface area contributed by atoms with E-state index in [1.54, 1.807) is 0 Å². The fourth-order valence-electron chi connectivity index (χ4n) is 1.14. The third-order valence-electron chi connectivity index (χ3n) is 1.96. The second-order valence-electron chi connectivity index (χ2n) is 3.36. The van der Waals surface area contributed by atoms with Crippen LogP contribution in [0.25, 0.3) is 0 Å². The van der Waals surface area contributed by atoms with E-state index >= 15 is 0 Å². The van der Waals surface area contributed by atoms with Crippen LogP contribution in [0.4, 0.5) is 19.1 Å². The number of nitrogens with zero attached hydrogens (tertiary/aromatic N) is 2. The van der Waals surface area contributed by atoms with Crippen LogP contribution in [-0.4, -0.2) is 37.3 Å². The van der Waals surface area contributed by atoms with Gasteiger partial charge in [0.2, 0.25) is 11.8 Å². The fraction of sp³-hybridized carbons (Fsp3) is 0.600. The van der Waals surface area contributed by atoms with Crippen LogP contribution in [0.15, 0.2) is 6.07 Å². The number of hydrogen-bond acceptors (Lipinski definition) is 5. The van der Waals surface area contributed by atoms with Crippen molar-refractivity contribution < 1.29 is 22.6 Å². The minimum absolute atomic E-state index is 0.113. The van der Waals surface area contributed by atoms with Crippen molar-refractivity contribution in [2.24, 2.45) is 0 Å². The Kier molecular flexibility index (Phi) is 5.14. The van der Waals surface area contributed by atoms with Gasteiger partial charge in [-0.1, -0.05) is 0 Å². The smallest absolute Gasteiger partial charge is 0.433 e. The van der Waals surface area contributed by atoms with E-state index in [0.717, 1.165) is 6.07 Å². The molecule has 0 saturated heterocycles. The molecule has 8 heteroatoms. The topological polar surface area (TPSA) is 56.3 Å². The van der Waals surface area contributed by atoms with Gasteiger partial charge in [-0.25, -0.2) is 4.98 Å². The number of rotatable bonds is 6. The lowest BCUT2D eigenvalue weighted by Crippen LogP contribution is -2.12. The quantitative estimate of drug-likeness (QED) is 0.797. The summed E-state index contributed by atoms with van der Waals surface area (Å²) in [6.45, 7) is 0.696. The van der Waals surface area contributed by atoms with Crippen LogP contribution in [0.5, 0.6) is 5.88 Å². The monoisotopic (exact) mass is 265 g/mol. The minimum Gasteiger partial charge on any atom is -0.477 e. The Labute approximate surface area is 102 Å². The first-order valence-electron chi connectivity index (χ1n) is 5.23. The molecule has 0 radical (unpaired) electrons. The molecule has 1 aromatic rings. The van der Waals surface area contributed by atoms with Gasteiger partial charge in [0.25, 0.3) is 0 Å². The van der Waals surface area contributed by atoms with E-state index in [0.29, 0.717) is 13.0 Å². The summed E-state index contributed by atoms with van der Waals surface area (Å²) in [5.41, 5.74) is -1.04. The summed E-state index contributed by atoms with van der Waals surface area (Å²) in [5, 5.41) is 2.45. The Morgan fingerprint density at radius 2 is 2.00 bits per heavy atom. The number of aromatic nitrogens is 2. The molecule has 1 N–H and O–H groups in total. The van der Waals surface area contributed by atoms with Crippen molar-refractivity contribution in [3.8, 4) is 5.88 Å². The molecule has 0 spiro atoms. The van der Waals surface area contributed by atoms with E-state index in [2.05, 4.69) is 15.3 Å². The van der Waals surface area contributed by atoms with E-state index in [1.807, 2.05) is 0 Å². The lowest BCUT2D eigenvalue weighted by atomic mass is 10.4. The number of hydrogen-bond donors (Lipinski definition) is 1. The SMILES string of the molecule is CNc1nc(OCCCOC)cc(C(F)(F)F)n1. The van der Waals surface area contributed by atoms with Crippen molar-refractivity contribution in [3.05, 3.63) is 11.8 Å². The Balaban J connectivity index is 2.78. The summed E-state index contributed by atoms with van der Waals surface area (Å²) in [4.78, 5) is 7.09. The van der Waals surface area contributed by atoms with Crippen molar-refractivity contribution in [2.75, 3.05) is 32.7 Å². The summed E-state index contributed by atoms with van der Waals surface area (Å²) in [7, 11) is 2.97. The summed E-state index contributed by atoms with van der Waals surface area (Å²) >= 11 is 0. The Bertz CT molecular complexity index is 385. The first-order chi connectivity index (χ1) is 8.47. The van der Waals surface area contributed by atoms with Gasteiger partial charge in [-0.15, -0.1) is 0 Å². The zero-order chi connectivity index (χ0) is 13.6. The van der Waals surface area contributed by atoms with Crippen LogP contribution in [0.1, 0.15) is 12.1 Å². The summed E-state index contributed by atoms with van der Waals surface area (Å²) < 4.78 is 47.5. The van der Waals surface area contributed by atoms with Crippen molar-refractivity contribution in [2.45, 2.75) is 12.6 Å². The largest absolute Gasteiger partial charge is 0.477 e. The van der Waals surface area contributed by atoms with Gasteiger partial charge in [0, 0.05) is 33.3 Å². The lowest BCUT2D eigenvalue weighted by molar-refractivity contribution is -0.141. The highest BCUT2D eigenvalue weighted by atomic mass is 19.4. The maximum Gasteiger partial charge on any atom is 0.433 e. The molecule has 0 saturated carbocycles. The van der Waals surface area contributed by atoms with Crippen LogP contribution in [0, 0.1) is 0 Å². The van der Waals surface area contributed by atoms with Gasteiger partial charge in [0.15, 0.2) is 5.69 Å². The molecule has 0 aliphatic heterocycles. The molecule has 18 heavy (non-hydrogen) atoms. The molecule has 0 aliphatic rings. The molecule has 102 valence electrons. The summed E-state index contributed by atoms with van der Waals surface area (Å²) in [5.74, 6) is -0.246. The standard InChI is InChI=1S/C10H14F3N3O2/c1-14-9-15-7(10(11,12)13)6-8(16-9)18-5-3-4-17-2/h6H,3-5H2,1-2H3,(H,14,15,16). The third kappa shape index (κ3) is 4.36. The molecule has 0 aromatic carbocycles. The molecule has 1 heterocycles. The third-order valence-corrected chi connectivity index (χ3v) is 1.96. The average Bonchev–Trinajstić information content (AvgIpc) is 2.33. The van der Waals surface area contributed by atoms with E-state index in [-0.39, 0.29) is 18.4 Å². The zero-order valence-electron chi connectivity index (χ0n) is 10.0. The summed E-state index contributed by atoms with van der Waals surface area (Å²) in [6, 6.07) is 0.771. The van der Waals surface area contributed by atoms with Crippen LogP contribution < -0.4 is 10.1 Å². The molecule has 0 aliphatic carbocycles. The van der Waals surface area contributed by atoms with Gasteiger partial charge in [0.05, 0.1) is 6.61 Å². The molecule has 1 aromatic heterocycles. The van der Waals surface area contributed by atoms with Crippen molar-refractivity contribution in [1.29, 1.82) is 0 Å². The van der Waals surface area contributed by atoms with Crippen LogP contribution >= 0.6 is 0 Å². The van der Waals surface area contributed by atoms with E-state index in [1.165, 1.54) is 14.2 Å². The second kappa shape index (κ2) is 6.39. The normalized spacial score (nSPS) is 11.4. The number of ether oxygens (including phenoxy) is 2. The number of alkyl halides is 3. The van der Waals surface area contributed by atoms with Gasteiger partial charge in [-0.05, 0) is 0 Å². The zero-order valence-corrected chi connectivity index (χ0v) is 10.0. The maximum atomic E-state index is 12.5. The number of nitrogens with one attached hydrogen (secondary N) is 1. The first-order valence-corrected chi connectivity index (χ1v) is 5.23. The molecule has 0 bridgehead atoms. The van der Waals surface area contributed by atoms with Crippen molar-refractivity contribution in [3.63, 3.8) is 0 Å².